The molecule has 5 aliphatic rings. The Balaban J connectivity index is 1.15. The van der Waals surface area contributed by atoms with Gasteiger partial charge in [0.05, 0.1) is 19.5 Å². The summed E-state index contributed by atoms with van der Waals surface area (Å²) in [6, 6.07) is 8.59. The van der Waals surface area contributed by atoms with Gasteiger partial charge in [0.25, 0.3) is 0 Å². The van der Waals surface area contributed by atoms with Gasteiger partial charge in [-0.25, -0.2) is 4.39 Å². The van der Waals surface area contributed by atoms with Gasteiger partial charge in [-0.1, -0.05) is 12.1 Å². The van der Waals surface area contributed by atoms with E-state index in [2.05, 4.69) is 17.4 Å². The number of carbonyl (C=O) groups excluding carboxylic acids is 1. The summed E-state index contributed by atoms with van der Waals surface area (Å²) in [7, 11) is 0. The van der Waals surface area contributed by atoms with Crippen molar-refractivity contribution < 1.29 is 18.7 Å². The van der Waals surface area contributed by atoms with Crippen molar-refractivity contribution in [1.29, 1.82) is 0 Å². The number of rotatable bonds is 7. The Bertz CT molecular complexity index is 859. The number of hydrogen-bond acceptors (Lipinski definition) is 4. The number of nitrogens with one attached hydrogen (secondary N) is 1. The van der Waals surface area contributed by atoms with E-state index in [9.17, 15) is 9.18 Å². The predicted octanol–water partition coefficient (Wildman–Crippen LogP) is 4.54. The second-order valence-corrected chi connectivity index (χ2v) is 11.1. The van der Waals surface area contributed by atoms with Crippen LogP contribution >= 0.6 is 0 Å². The van der Waals surface area contributed by atoms with Crippen LogP contribution in [0.2, 0.25) is 0 Å². The molecule has 1 aromatic rings. The Kier molecular flexibility index (Phi) is 6.25. The first-order valence-corrected chi connectivity index (χ1v) is 12.6. The second-order valence-electron chi connectivity index (χ2n) is 11.1. The molecule has 4 saturated carbocycles. The highest BCUT2D eigenvalue weighted by atomic mass is 19.1. The normalized spacial score (nSPS) is 31.3. The number of fused-ring (bicyclic) bond motifs is 3. The fourth-order valence-electron chi connectivity index (χ4n) is 6.57. The van der Waals surface area contributed by atoms with Gasteiger partial charge in [0, 0.05) is 29.0 Å². The molecule has 0 atom stereocenters. The monoisotopic (exact) mass is 456 g/mol. The van der Waals surface area contributed by atoms with E-state index in [0.717, 1.165) is 70.3 Å². The molecule has 1 amide bonds. The average Bonchev–Trinajstić information content (AvgIpc) is 2.85. The van der Waals surface area contributed by atoms with Crippen LogP contribution < -0.4 is 15.8 Å². The van der Waals surface area contributed by atoms with E-state index in [0.29, 0.717) is 29.3 Å². The Labute approximate surface area is 196 Å². The van der Waals surface area contributed by atoms with Crippen LogP contribution in [0.15, 0.2) is 36.2 Å². The minimum atomic E-state index is -0.170. The first-order valence-electron chi connectivity index (χ1n) is 12.6. The van der Waals surface area contributed by atoms with E-state index < -0.39 is 0 Å². The summed E-state index contributed by atoms with van der Waals surface area (Å²) in [5.74, 6) is 1.04. The van der Waals surface area contributed by atoms with Crippen LogP contribution in [0, 0.1) is 10.8 Å². The lowest BCUT2D eigenvalue weighted by Gasteiger charge is -2.53. The Morgan fingerprint density at radius 3 is 2.21 bits per heavy atom. The number of amides is 1. The molecular formula is C27H37FN2O3. The molecule has 1 heterocycles. The summed E-state index contributed by atoms with van der Waals surface area (Å²) < 4.78 is 23.8. The molecule has 2 bridgehead atoms. The maximum atomic E-state index is 13.4. The molecule has 0 aromatic heterocycles. The zero-order valence-corrected chi connectivity index (χ0v) is 19.5. The first-order chi connectivity index (χ1) is 16.0. The zero-order valence-electron chi connectivity index (χ0n) is 19.5. The summed E-state index contributed by atoms with van der Waals surface area (Å²) in [6.07, 6.45) is 11.2. The van der Waals surface area contributed by atoms with Gasteiger partial charge in [0.2, 0.25) is 5.91 Å². The van der Waals surface area contributed by atoms with E-state index in [4.69, 9.17) is 15.2 Å². The lowest BCUT2D eigenvalue weighted by atomic mass is 9.51. The topological polar surface area (TPSA) is 73.6 Å². The molecule has 3 N–H and O–H groups in total. The van der Waals surface area contributed by atoms with Crippen molar-refractivity contribution in [3.63, 3.8) is 0 Å². The van der Waals surface area contributed by atoms with Crippen molar-refractivity contribution in [3.05, 3.63) is 41.7 Å². The fourth-order valence-corrected chi connectivity index (χ4v) is 6.57. The van der Waals surface area contributed by atoms with Crippen molar-refractivity contribution in [3.8, 4) is 5.75 Å². The van der Waals surface area contributed by atoms with E-state index in [1.165, 1.54) is 18.4 Å². The highest BCUT2D eigenvalue weighted by molar-refractivity contribution is 5.83. The minimum Gasteiger partial charge on any atom is -0.489 e. The van der Waals surface area contributed by atoms with E-state index in [-0.39, 0.29) is 24.0 Å². The Hall–Kier alpha value is -1.92. The van der Waals surface area contributed by atoms with Gasteiger partial charge in [0.1, 0.15) is 12.4 Å². The Morgan fingerprint density at radius 2 is 1.70 bits per heavy atom. The zero-order chi connectivity index (χ0) is 22.9. The van der Waals surface area contributed by atoms with Crippen LogP contribution in [0.3, 0.4) is 0 Å². The quantitative estimate of drug-likeness (QED) is 0.632. The molecule has 6 heteroatoms. The summed E-state index contributed by atoms with van der Waals surface area (Å²) in [5.41, 5.74) is 7.69. The molecule has 1 aromatic carbocycles. The first kappa shape index (κ1) is 22.9. The largest absolute Gasteiger partial charge is 0.489 e. The molecule has 0 radical (unpaired) electrons. The van der Waals surface area contributed by atoms with E-state index >= 15 is 0 Å². The third kappa shape index (κ3) is 4.32. The third-order valence-corrected chi connectivity index (χ3v) is 9.23. The van der Waals surface area contributed by atoms with Gasteiger partial charge < -0.3 is 20.5 Å². The highest BCUT2D eigenvalue weighted by Crippen LogP contribution is 2.58. The number of benzene rings is 1. The van der Waals surface area contributed by atoms with E-state index in [1.54, 1.807) is 0 Å². The molecule has 5 nitrogen and oxygen atoms in total. The molecule has 180 valence electrons. The standard InChI is InChI=1S/C27H37FN2O3/c28-15-20(16-29)17-33-23-3-1-21(2-4-23)26-9-12-27(13-10-26,14-11-26)24(31)30-22-5-7-25(8-6-22)18-32-19-25/h1-4,15,22H,5-14,16-19,29H2,(H,30,31)/b20-15+. The molecule has 1 spiro atoms. The molecule has 5 fully saturated rings. The maximum absolute atomic E-state index is 13.4. The fraction of sp³-hybridized carbons (Fsp3) is 0.667. The minimum absolute atomic E-state index is 0.156. The van der Waals surface area contributed by atoms with Gasteiger partial charge in [-0.3, -0.25) is 4.79 Å². The van der Waals surface area contributed by atoms with Crippen LogP contribution in [-0.4, -0.2) is 38.3 Å². The number of halogens is 1. The highest BCUT2D eigenvalue weighted by Gasteiger charge is 2.53. The average molecular weight is 457 g/mol. The molecule has 33 heavy (non-hydrogen) atoms. The maximum Gasteiger partial charge on any atom is 0.226 e. The summed E-state index contributed by atoms with van der Waals surface area (Å²) in [5, 5.41) is 3.45. The van der Waals surface area contributed by atoms with Crippen LogP contribution in [0.25, 0.3) is 0 Å². The molecule has 4 aliphatic carbocycles. The lowest BCUT2D eigenvalue weighted by Crippen LogP contribution is -2.55. The number of hydrogen-bond donors (Lipinski definition) is 2. The van der Waals surface area contributed by atoms with Gasteiger partial charge in [-0.2, -0.15) is 0 Å². The van der Waals surface area contributed by atoms with Crippen molar-refractivity contribution in [2.24, 2.45) is 16.6 Å². The van der Waals surface area contributed by atoms with Crippen LogP contribution in [0.4, 0.5) is 4.39 Å². The molecule has 1 saturated heterocycles. The van der Waals surface area contributed by atoms with Crippen molar-refractivity contribution in [2.75, 3.05) is 26.4 Å². The summed E-state index contributed by atoms with van der Waals surface area (Å²) >= 11 is 0. The van der Waals surface area contributed by atoms with Crippen molar-refractivity contribution in [2.45, 2.75) is 75.7 Å². The van der Waals surface area contributed by atoms with Crippen LogP contribution in [0.1, 0.15) is 69.8 Å². The SMILES string of the molecule is NC/C(=C\F)COc1ccc(C23CCC(C(=O)NC4CCC5(CC4)COC5)(CC2)CC3)cc1. The van der Waals surface area contributed by atoms with Gasteiger partial charge in [0.15, 0.2) is 0 Å². The molecule has 0 unspecified atom stereocenters. The molecular weight excluding hydrogens is 419 g/mol. The van der Waals surface area contributed by atoms with E-state index in [1.807, 2.05) is 12.1 Å². The number of carbonyl (C=O) groups is 1. The Morgan fingerprint density at radius 1 is 1.06 bits per heavy atom. The summed E-state index contributed by atoms with van der Waals surface area (Å²) in [6.45, 7) is 2.15. The number of ether oxygens (including phenoxy) is 2. The summed E-state index contributed by atoms with van der Waals surface area (Å²) in [4.78, 5) is 13.4. The number of nitrogens with two attached hydrogens (primary N) is 1. The third-order valence-electron chi connectivity index (χ3n) is 9.23. The van der Waals surface area contributed by atoms with Gasteiger partial charge >= 0.3 is 0 Å². The molecule has 1 aliphatic heterocycles. The van der Waals surface area contributed by atoms with Crippen LogP contribution in [0.5, 0.6) is 5.75 Å². The van der Waals surface area contributed by atoms with Crippen LogP contribution in [-0.2, 0) is 14.9 Å². The van der Waals surface area contributed by atoms with Gasteiger partial charge in [-0.15, -0.1) is 0 Å². The lowest BCUT2D eigenvalue weighted by molar-refractivity contribution is -0.144. The van der Waals surface area contributed by atoms with Gasteiger partial charge in [-0.05, 0) is 87.3 Å². The predicted molar refractivity (Wildman–Crippen MR) is 126 cm³/mol. The second kappa shape index (κ2) is 9.03. The van der Waals surface area contributed by atoms with Crippen molar-refractivity contribution >= 4 is 5.91 Å². The molecule has 6 rings (SSSR count). The smallest absolute Gasteiger partial charge is 0.226 e. The van der Waals surface area contributed by atoms with Crippen molar-refractivity contribution in [1.82, 2.24) is 5.32 Å².